The number of rotatable bonds is 3. The van der Waals surface area contributed by atoms with Crippen molar-refractivity contribution in [3.63, 3.8) is 0 Å². The summed E-state index contributed by atoms with van der Waals surface area (Å²) in [5.74, 6) is 0.571. The van der Waals surface area contributed by atoms with E-state index in [2.05, 4.69) is 0 Å². The van der Waals surface area contributed by atoms with Gasteiger partial charge in [0.1, 0.15) is 5.75 Å². The van der Waals surface area contributed by atoms with Crippen LogP contribution in [0.25, 0.3) is 0 Å². The minimum atomic E-state index is -4.61. The van der Waals surface area contributed by atoms with Gasteiger partial charge in [0.2, 0.25) is 8.32 Å². The SMILES string of the molecule is C[Si](C)(C)Oc1ccc(S(=O)(=O)F)cc1. The molecule has 3 nitrogen and oxygen atoms in total. The molecular formula is C9H13FO3SSi. The van der Waals surface area contributed by atoms with Crippen LogP contribution in [-0.4, -0.2) is 16.7 Å². The Hall–Kier alpha value is -0.883. The van der Waals surface area contributed by atoms with Gasteiger partial charge in [-0.15, -0.1) is 3.89 Å². The number of benzene rings is 1. The van der Waals surface area contributed by atoms with Crippen LogP contribution in [-0.2, 0) is 10.2 Å². The molecule has 0 spiro atoms. The highest BCUT2D eigenvalue weighted by Gasteiger charge is 2.17. The third-order valence-corrected chi connectivity index (χ3v) is 3.21. The Morgan fingerprint density at radius 1 is 1.13 bits per heavy atom. The maximum atomic E-state index is 12.5. The van der Waals surface area contributed by atoms with Crippen molar-refractivity contribution in [2.45, 2.75) is 24.5 Å². The zero-order valence-corrected chi connectivity index (χ0v) is 10.6. The molecule has 0 aliphatic rings. The number of hydrogen-bond donors (Lipinski definition) is 0. The Balaban J connectivity index is 2.92. The van der Waals surface area contributed by atoms with Gasteiger partial charge < -0.3 is 4.43 Å². The molecule has 0 N–H and O–H groups in total. The van der Waals surface area contributed by atoms with Crippen LogP contribution in [0.5, 0.6) is 5.75 Å². The largest absolute Gasteiger partial charge is 0.544 e. The second-order valence-electron chi connectivity index (χ2n) is 4.12. The molecule has 0 saturated heterocycles. The molecule has 0 heterocycles. The van der Waals surface area contributed by atoms with Gasteiger partial charge >= 0.3 is 10.2 Å². The Morgan fingerprint density at radius 3 is 1.93 bits per heavy atom. The average Bonchev–Trinajstić information content (AvgIpc) is 2.00. The summed E-state index contributed by atoms with van der Waals surface area (Å²) in [6.45, 7) is 6.02. The van der Waals surface area contributed by atoms with Crippen molar-refractivity contribution in [2.24, 2.45) is 0 Å². The molecular weight excluding hydrogens is 235 g/mol. The van der Waals surface area contributed by atoms with E-state index < -0.39 is 18.5 Å². The Morgan fingerprint density at radius 2 is 1.60 bits per heavy atom. The van der Waals surface area contributed by atoms with E-state index in [-0.39, 0.29) is 4.90 Å². The van der Waals surface area contributed by atoms with E-state index >= 15 is 0 Å². The van der Waals surface area contributed by atoms with Gasteiger partial charge in [0, 0.05) is 0 Å². The van der Waals surface area contributed by atoms with E-state index in [0.717, 1.165) is 0 Å². The lowest BCUT2D eigenvalue weighted by atomic mass is 10.3. The van der Waals surface area contributed by atoms with Gasteiger partial charge in [0.05, 0.1) is 4.90 Å². The number of hydrogen-bond acceptors (Lipinski definition) is 3. The van der Waals surface area contributed by atoms with E-state index in [9.17, 15) is 12.3 Å². The summed E-state index contributed by atoms with van der Waals surface area (Å²) < 4.78 is 39.2. The standard InChI is InChI=1S/C9H13FO3SSi/c1-15(2,3)13-8-4-6-9(7-5-8)14(10,11)12/h4-7H,1-3H3. The zero-order valence-electron chi connectivity index (χ0n) is 8.82. The lowest BCUT2D eigenvalue weighted by molar-refractivity contribution is 0.549. The molecule has 0 amide bonds. The fourth-order valence-corrected chi connectivity index (χ4v) is 2.33. The van der Waals surface area contributed by atoms with Gasteiger partial charge in [-0.1, -0.05) is 0 Å². The predicted octanol–water partition coefficient (Wildman–Crippen LogP) is 2.56. The quantitative estimate of drug-likeness (QED) is 0.610. The molecule has 0 atom stereocenters. The fraction of sp³-hybridized carbons (Fsp3) is 0.333. The summed E-state index contributed by atoms with van der Waals surface area (Å²) in [6, 6.07) is 5.32. The fourth-order valence-electron chi connectivity index (χ4n) is 1.02. The van der Waals surface area contributed by atoms with E-state index in [0.29, 0.717) is 5.75 Å². The molecule has 0 fully saturated rings. The van der Waals surface area contributed by atoms with E-state index in [1.165, 1.54) is 24.3 Å². The van der Waals surface area contributed by atoms with Crippen molar-refractivity contribution < 1.29 is 16.7 Å². The summed E-state index contributed by atoms with van der Waals surface area (Å²) in [5, 5.41) is 0. The van der Waals surface area contributed by atoms with Crippen LogP contribution in [0.1, 0.15) is 0 Å². The molecule has 0 unspecified atom stereocenters. The maximum Gasteiger partial charge on any atom is 0.332 e. The molecule has 0 radical (unpaired) electrons. The van der Waals surface area contributed by atoms with Gasteiger partial charge in [-0.2, -0.15) is 8.42 Å². The van der Waals surface area contributed by atoms with Gasteiger partial charge in [0.15, 0.2) is 0 Å². The van der Waals surface area contributed by atoms with Crippen LogP contribution in [0.2, 0.25) is 19.6 Å². The van der Waals surface area contributed by atoms with E-state index in [1.54, 1.807) is 0 Å². The molecule has 0 aromatic heterocycles. The summed E-state index contributed by atoms with van der Waals surface area (Å²) in [5.41, 5.74) is 0. The third kappa shape index (κ3) is 4.01. The smallest absolute Gasteiger partial charge is 0.332 e. The highest BCUT2D eigenvalue weighted by atomic mass is 32.3. The lowest BCUT2D eigenvalue weighted by Gasteiger charge is -2.18. The number of halogens is 1. The minimum absolute atomic E-state index is 0.342. The van der Waals surface area contributed by atoms with Crippen LogP contribution < -0.4 is 4.43 Å². The molecule has 84 valence electrons. The Kier molecular flexibility index (Phi) is 3.20. The van der Waals surface area contributed by atoms with Crippen molar-refractivity contribution >= 4 is 18.5 Å². The molecule has 6 heteroatoms. The first kappa shape index (κ1) is 12.2. The van der Waals surface area contributed by atoms with Crippen LogP contribution in [0.15, 0.2) is 29.2 Å². The van der Waals surface area contributed by atoms with Crippen molar-refractivity contribution in [1.29, 1.82) is 0 Å². The summed E-state index contributed by atoms with van der Waals surface area (Å²) in [4.78, 5) is -0.342. The van der Waals surface area contributed by atoms with E-state index in [4.69, 9.17) is 4.43 Å². The minimum Gasteiger partial charge on any atom is -0.544 e. The van der Waals surface area contributed by atoms with Gasteiger partial charge in [-0.3, -0.25) is 0 Å². The van der Waals surface area contributed by atoms with Crippen LogP contribution >= 0.6 is 0 Å². The van der Waals surface area contributed by atoms with Gasteiger partial charge in [-0.25, -0.2) is 0 Å². The van der Waals surface area contributed by atoms with Gasteiger partial charge in [-0.05, 0) is 43.9 Å². The van der Waals surface area contributed by atoms with E-state index in [1.807, 2.05) is 19.6 Å². The van der Waals surface area contributed by atoms with Crippen molar-refractivity contribution in [3.8, 4) is 5.75 Å². The lowest BCUT2D eigenvalue weighted by Crippen LogP contribution is -2.29. The van der Waals surface area contributed by atoms with Crippen LogP contribution in [0, 0.1) is 0 Å². The topological polar surface area (TPSA) is 43.4 Å². The van der Waals surface area contributed by atoms with Crippen molar-refractivity contribution in [2.75, 3.05) is 0 Å². The highest BCUT2D eigenvalue weighted by molar-refractivity contribution is 7.86. The first-order valence-electron chi connectivity index (χ1n) is 4.42. The predicted molar refractivity (Wildman–Crippen MR) is 58.7 cm³/mol. The van der Waals surface area contributed by atoms with Crippen LogP contribution in [0.4, 0.5) is 3.89 Å². The molecule has 1 rings (SSSR count). The van der Waals surface area contributed by atoms with Crippen molar-refractivity contribution in [3.05, 3.63) is 24.3 Å². The average molecular weight is 248 g/mol. The molecule has 0 aliphatic carbocycles. The second-order valence-corrected chi connectivity index (χ2v) is 9.90. The summed E-state index contributed by atoms with van der Waals surface area (Å²) >= 11 is 0. The summed E-state index contributed by atoms with van der Waals surface area (Å²) in [6.07, 6.45) is 0. The molecule has 1 aromatic carbocycles. The maximum absolute atomic E-state index is 12.5. The highest BCUT2D eigenvalue weighted by Crippen LogP contribution is 2.20. The van der Waals surface area contributed by atoms with Crippen molar-refractivity contribution in [1.82, 2.24) is 0 Å². The molecule has 0 saturated carbocycles. The third-order valence-electron chi connectivity index (χ3n) is 1.53. The van der Waals surface area contributed by atoms with Crippen LogP contribution in [0.3, 0.4) is 0 Å². The Bertz CT molecular complexity index is 433. The monoisotopic (exact) mass is 248 g/mol. The molecule has 0 bridgehead atoms. The molecule has 1 aromatic rings. The zero-order chi connectivity index (χ0) is 11.7. The van der Waals surface area contributed by atoms with Gasteiger partial charge in [0.25, 0.3) is 0 Å². The second kappa shape index (κ2) is 3.94. The molecule has 0 aliphatic heterocycles. The normalized spacial score (nSPS) is 12.5. The molecule has 15 heavy (non-hydrogen) atoms. The first-order valence-corrected chi connectivity index (χ1v) is 9.21. The first-order chi connectivity index (χ1) is 6.68. The Labute approximate surface area is 90.2 Å². The summed E-state index contributed by atoms with van der Waals surface area (Å²) in [7, 11) is -6.31.